The fourth-order valence-corrected chi connectivity index (χ4v) is 4.39. The maximum atomic E-state index is 12.8. The number of amides is 1. The lowest BCUT2D eigenvalue weighted by atomic mass is 10.1. The number of benzene rings is 2. The molecule has 0 radical (unpaired) electrons. The molecule has 2 nitrogen and oxygen atoms in total. The maximum Gasteiger partial charge on any atom is 0.255 e. The van der Waals surface area contributed by atoms with E-state index in [1.165, 1.54) is 11.1 Å². The molecule has 0 aliphatic carbocycles. The summed E-state index contributed by atoms with van der Waals surface area (Å²) in [6.45, 7) is 4.33. The van der Waals surface area contributed by atoms with Crippen LogP contribution in [-0.4, -0.2) is 22.6 Å². The summed E-state index contributed by atoms with van der Waals surface area (Å²) in [5, 5.41) is 0.162. The van der Waals surface area contributed by atoms with Crippen LogP contribution >= 0.6 is 11.8 Å². The van der Waals surface area contributed by atoms with Crippen molar-refractivity contribution < 1.29 is 4.79 Å². The van der Waals surface area contributed by atoms with Crippen molar-refractivity contribution >= 4 is 17.7 Å². The molecule has 2 unspecified atom stereocenters. The lowest BCUT2D eigenvalue weighted by Crippen LogP contribution is -2.35. The third-order valence-corrected chi connectivity index (χ3v) is 5.57. The molecule has 0 bridgehead atoms. The number of nitrogens with zero attached hydrogens (tertiary/aromatic N) is 1. The van der Waals surface area contributed by atoms with Gasteiger partial charge in [-0.15, -0.1) is 11.8 Å². The topological polar surface area (TPSA) is 20.3 Å². The lowest BCUT2D eigenvalue weighted by molar-refractivity contribution is 0.0703. The number of hydrogen-bond donors (Lipinski definition) is 0. The Bertz CT molecular complexity index is 670. The summed E-state index contributed by atoms with van der Waals surface area (Å²) in [5.74, 6) is 1.20. The third-order valence-electron chi connectivity index (χ3n) is 4.44. The first kappa shape index (κ1) is 16.1. The second-order valence-electron chi connectivity index (χ2n) is 5.98. The van der Waals surface area contributed by atoms with E-state index in [1.807, 2.05) is 36.0 Å². The van der Waals surface area contributed by atoms with Crippen LogP contribution in [0.5, 0.6) is 0 Å². The predicted octanol–water partition coefficient (Wildman–Crippen LogP) is 4.92. The fraction of sp³-hybridized carbons (Fsp3) is 0.350. The van der Waals surface area contributed by atoms with Crippen LogP contribution in [-0.2, 0) is 6.42 Å². The van der Waals surface area contributed by atoms with E-state index < -0.39 is 0 Å². The molecule has 2 aromatic carbocycles. The van der Waals surface area contributed by atoms with Gasteiger partial charge in [0, 0.05) is 11.6 Å². The van der Waals surface area contributed by atoms with Crippen molar-refractivity contribution in [1.82, 2.24) is 4.90 Å². The molecule has 0 aromatic heterocycles. The summed E-state index contributed by atoms with van der Waals surface area (Å²) in [5.41, 5.74) is 3.39. The summed E-state index contributed by atoms with van der Waals surface area (Å²) < 4.78 is 0. The summed E-state index contributed by atoms with van der Waals surface area (Å²) in [6, 6.07) is 18.8. The van der Waals surface area contributed by atoms with Crippen molar-refractivity contribution in [2.24, 2.45) is 0 Å². The second kappa shape index (κ2) is 7.22. The van der Waals surface area contributed by atoms with Gasteiger partial charge < -0.3 is 4.90 Å². The van der Waals surface area contributed by atoms with E-state index in [1.54, 1.807) is 0 Å². The van der Waals surface area contributed by atoms with Gasteiger partial charge in [0.15, 0.2) is 0 Å². The molecule has 0 saturated carbocycles. The standard InChI is InChI=1S/C20H23NOS/c1-3-23-20-18-12-8-7-11-17(18)19(22)21(20)15(2)13-14-16-9-5-4-6-10-16/h4-12,15,20H,3,13-14H2,1-2H3. The quantitative estimate of drug-likeness (QED) is 0.751. The first-order valence-electron chi connectivity index (χ1n) is 8.29. The van der Waals surface area contributed by atoms with Crippen LogP contribution in [0.2, 0.25) is 0 Å². The van der Waals surface area contributed by atoms with E-state index in [-0.39, 0.29) is 17.3 Å². The van der Waals surface area contributed by atoms with Gasteiger partial charge in [-0.05, 0) is 42.7 Å². The Hall–Kier alpha value is -1.74. The molecule has 0 N–H and O–H groups in total. The normalized spacial score (nSPS) is 18.1. The Morgan fingerprint density at radius 1 is 1.09 bits per heavy atom. The Morgan fingerprint density at radius 2 is 1.78 bits per heavy atom. The number of rotatable bonds is 6. The molecule has 1 heterocycles. The minimum atomic E-state index is 0.162. The molecule has 2 aromatic rings. The summed E-state index contributed by atoms with van der Waals surface area (Å²) in [6.07, 6.45) is 2.00. The van der Waals surface area contributed by atoms with Crippen LogP contribution in [0, 0.1) is 0 Å². The molecule has 0 saturated heterocycles. The number of fused-ring (bicyclic) bond motifs is 1. The van der Waals surface area contributed by atoms with Gasteiger partial charge in [0.2, 0.25) is 0 Å². The summed E-state index contributed by atoms with van der Waals surface area (Å²) in [7, 11) is 0. The van der Waals surface area contributed by atoms with Crippen molar-refractivity contribution in [1.29, 1.82) is 0 Å². The number of aryl methyl sites for hydroxylation is 1. The van der Waals surface area contributed by atoms with Gasteiger partial charge >= 0.3 is 0 Å². The largest absolute Gasteiger partial charge is 0.320 e. The zero-order valence-corrected chi connectivity index (χ0v) is 14.6. The molecule has 0 spiro atoms. The zero-order valence-electron chi connectivity index (χ0n) is 13.7. The van der Waals surface area contributed by atoms with Crippen molar-refractivity contribution in [2.75, 3.05) is 5.75 Å². The maximum absolute atomic E-state index is 12.8. The minimum absolute atomic E-state index is 0.162. The van der Waals surface area contributed by atoms with Gasteiger partial charge in [0.25, 0.3) is 5.91 Å². The summed E-state index contributed by atoms with van der Waals surface area (Å²) in [4.78, 5) is 14.9. The Morgan fingerprint density at radius 3 is 2.52 bits per heavy atom. The van der Waals surface area contributed by atoms with Gasteiger partial charge in [-0.3, -0.25) is 4.79 Å². The highest BCUT2D eigenvalue weighted by Gasteiger charge is 2.38. The van der Waals surface area contributed by atoms with Crippen LogP contribution in [0.4, 0.5) is 0 Å². The average molecular weight is 325 g/mol. The second-order valence-corrected chi connectivity index (χ2v) is 7.34. The molecule has 3 rings (SSSR count). The summed E-state index contributed by atoms with van der Waals surface area (Å²) >= 11 is 1.85. The van der Waals surface area contributed by atoms with Crippen molar-refractivity contribution in [3.63, 3.8) is 0 Å². The molecule has 1 aliphatic rings. The van der Waals surface area contributed by atoms with Gasteiger partial charge in [-0.25, -0.2) is 0 Å². The van der Waals surface area contributed by atoms with Crippen molar-refractivity contribution in [2.45, 2.75) is 38.1 Å². The van der Waals surface area contributed by atoms with E-state index in [0.717, 1.165) is 24.2 Å². The number of thioether (sulfide) groups is 1. The van der Waals surface area contributed by atoms with E-state index >= 15 is 0 Å². The highest BCUT2D eigenvalue weighted by Crippen LogP contribution is 2.42. The van der Waals surface area contributed by atoms with Crippen molar-refractivity contribution in [3.8, 4) is 0 Å². The van der Waals surface area contributed by atoms with Crippen LogP contribution in [0.3, 0.4) is 0 Å². The van der Waals surface area contributed by atoms with E-state index in [2.05, 4.69) is 49.1 Å². The molecule has 1 amide bonds. The lowest BCUT2D eigenvalue weighted by Gasteiger charge is -2.31. The van der Waals surface area contributed by atoms with Crippen molar-refractivity contribution in [3.05, 3.63) is 71.3 Å². The molecule has 2 atom stereocenters. The van der Waals surface area contributed by atoms with Gasteiger partial charge in [0.1, 0.15) is 5.37 Å². The number of carbonyl (C=O) groups is 1. The van der Waals surface area contributed by atoms with Gasteiger partial charge in [-0.2, -0.15) is 0 Å². The fourth-order valence-electron chi connectivity index (χ4n) is 3.22. The number of hydrogen-bond acceptors (Lipinski definition) is 2. The highest BCUT2D eigenvalue weighted by molar-refractivity contribution is 7.99. The molecule has 3 heteroatoms. The Balaban J connectivity index is 1.76. The molecular weight excluding hydrogens is 302 g/mol. The molecular formula is C20H23NOS. The predicted molar refractivity (Wildman–Crippen MR) is 97.7 cm³/mol. The average Bonchev–Trinajstić information content (AvgIpc) is 2.87. The van der Waals surface area contributed by atoms with E-state index in [0.29, 0.717) is 0 Å². The van der Waals surface area contributed by atoms with Crippen LogP contribution in [0.1, 0.15) is 47.1 Å². The van der Waals surface area contributed by atoms with Gasteiger partial charge in [-0.1, -0.05) is 55.5 Å². The molecule has 120 valence electrons. The van der Waals surface area contributed by atoms with Crippen LogP contribution in [0.25, 0.3) is 0 Å². The monoisotopic (exact) mass is 325 g/mol. The first-order chi connectivity index (χ1) is 11.2. The van der Waals surface area contributed by atoms with E-state index in [4.69, 9.17) is 0 Å². The Kier molecular flexibility index (Phi) is 5.06. The van der Waals surface area contributed by atoms with Crippen LogP contribution in [0.15, 0.2) is 54.6 Å². The minimum Gasteiger partial charge on any atom is -0.320 e. The Labute approximate surface area is 142 Å². The van der Waals surface area contributed by atoms with Gasteiger partial charge in [0.05, 0.1) is 0 Å². The first-order valence-corrected chi connectivity index (χ1v) is 9.34. The third kappa shape index (κ3) is 3.30. The zero-order chi connectivity index (χ0) is 16.2. The molecule has 23 heavy (non-hydrogen) atoms. The highest BCUT2D eigenvalue weighted by atomic mass is 32.2. The molecule has 0 fully saturated rings. The number of carbonyl (C=O) groups excluding carboxylic acids is 1. The smallest absolute Gasteiger partial charge is 0.255 e. The SMILES string of the molecule is CCSC1c2ccccc2C(=O)N1C(C)CCc1ccccc1. The molecule has 1 aliphatic heterocycles. The van der Waals surface area contributed by atoms with Crippen LogP contribution < -0.4 is 0 Å². The van der Waals surface area contributed by atoms with E-state index in [9.17, 15) is 4.79 Å².